The van der Waals surface area contributed by atoms with Crippen molar-refractivity contribution >= 4 is 47.1 Å². The molecule has 2 aromatic heterocycles. The third-order valence-corrected chi connectivity index (χ3v) is 6.44. The topological polar surface area (TPSA) is 55.8 Å². The number of aromatic nitrogens is 1. The van der Waals surface area contributed by atoms with Gasteiger partial charge < -0.3 is 20.4 Å². The Bertz CT molecular complexity index is 785. The maximum Gasteiger partial charge on any atom is 0.191 e. The van der Waals surface area contributed by atoms with Gasteiger partial charge in [-0.15, -0.1) is 35.3 Å². The average molecular weight is 543 g/mol. The van der Waals surface area contributed by atoms with Gasteiger partial charge in [0.2, 0.25) is 0 Å². The minimum atomic E-state index is 0. The molecule has 1 fully saturated rings. The lowest BCUT2D eigenvalue weighted by molar-refractivity contribution is 0.270. The Labute approximate surface area is 202 Å². The van der Waals surface area contributed by atoms with Crippen molar-refractivity contribution in [3.8, 4) is 0 Å². The predicted molar refractivity (Wildman–Crippen MR) is 139 cm³/mol. The second kappa shape index (κ2) is 13.1. The molecule has 0 amide bonds. The second-order valence-corrected chi connectivity index (χ2v) is 8.47. The average Bonchev–Trinajstić information content (AvgIpc) is 3.24. The van der Waals surface area contributed by atoms with Gasteiger partial charge in [-0.2, -0.15) is 0 Å². The zero-order valence-corrected chi connectivity index (χ0v) is 21.5. The molecule has 0 atom stereocenters. The number of hydrogen-bond donors (Lipinski definition) is 2. The first-order chi connectivity index (χ1) is 14.2. The molecule has 30 heavy (non-hydrogen) atoms. The van der Waals surface area contributed by atoms with Crippen molar-refractivity contribution in [2.24, 2.45) is 4.99 Å². The molecule has 0 aromatic carbocycles. The zero-order chi connectivity index (χ0) is 20.5. The number of anilines is 1. The van der Waals surface area contributed by atoms with Crippen LogP contribution >= 0.6 is 35.3 Å². The normalized spacial score (nSPS) is 15.0. The Morgan fingerprint density at radius 3 is 2.50 bits per heavy atom. The Balaban J connectivity index is 0.00000320. The standard InChI is InChI=1S/C22H34N6S.HI/c1-4-19-7-8-20(29-19)17-26-22(23-5-2)25-16-18-9-10-24-21(15-18)28-13-11-27(6-3)12-14-28;/h7-10,15H,4-6,11-14,16-17H2,1-3H3,(H2,23,25,26);1H. The van der Waals surface area contributed by atoms with Crippen LogP contribution in [0, 0.1) is 0 Å². The summed E-state index contributed by atoms with van der Waals surface area (Å²) in [7, 11) is 0. The van der Waals surface area contributed by atoms with Crippen molar-refractivity contribution < 1.29 is 0 Å². The van der Waals surface area contributed by atoms with Crippen molar-refractivity contribution in [3.63, 3.8) is 0 Å². The molecule has 1 saturated heterocycles. The molecule has 2 aromatic rings. The number of nitrogens with one attached hydrogen (secondary N) is 2. The summed E-state index contributed by atoms with van der Waals surface area (Å²) in [6.45, 7) is 14.2. The first-order valence-electron chi connectivity index (χ1n) is 10.7. The van der Waals surface area contributed by atoms with E-state index < -0.39 is 0 Å². The number of hydrogen-bond acceptors (Lipinski definition) is 5. The number of guanidine groups is 1. The minimum absolute atomic E-state index is 0. The van der Waals surface area contributed by atoms with E-state index in [1.54, 1.807) is 0 Å². The maximum absolute atomic E-state index is 4.78. The van der Waals surface area contributed by atoms with Crippen molar-refractivity contribution in [1.29, 1.82) is 0 Å². The van der Waals surface area contributed by atoms with E-state index in [1.165, 1.54) is 15.3 Å². The molecule has 0 bridgehead atoms. The fraction of sp³-hybridized carbons (Fsp3) is 0.545. The van der Waals surface area contributed by atoms with Crippen LogP contribution in [0.2, 0.25) is 0 Å². The van der Waals surface area contributed by atoms with Gasteiger partial charge in [-0.3, -0.25) is 0 Å². The van der Waals surface area contributed by atoms with E-state index in [4.69, 9.17) is 4.99 Å². The molecule has 0 unspecified atom stereocenters. The molecule has 3 heterocycles. The van der Waals surface area contributed by atoms with E-state index in [-0.39, 0.29) is 24.0 Å². The van der Waals surface area contributed by atoms with Gasteiger partial charge in [0.05, 0.1) is 13.1 Å². The number of likely N-dealkylation sites (N-methyl/N-ethyl adjacent to an activating group) is 1. The Morgan fingerprint density at radius 1 is 1.07 bits per heavy atom. The summed E-state index contributed by atoms with van der Waals surface area (Å²) in [5.41, 5.74) is 1.19. The van der Waals surface area contributed by atoms with E-state index in [9.17, 15) is 0 Å². The van der Waals surface area contributed by atoms with Gasteiger partial charge in [0, 0.05) is 48.7 Å². The molecule has 6 nitrogen and oxygen atoms in total. The van der Waals surface area contributed by atoms with E-state index >= 15 is 0 Å². The van der Waals surface area contributed by atoms with Crippen molar-refractivity contribution in [2.75, 3.05) is 44.2 Å². The van der Waals surface area contributed by atoms with Crippen LogP contribution in [0.4, 0.5) is 5.82 Å². The van der Waals surface area contributed by atoms with Crippen LogP contribution in [-0.2, 0) is 19.5 Å². The molecule has 1 aliphatic rings. The number of rotatable bonds is 8. The zero-order valence-electron chi connectivity index (χ0n) is 18.4. The molecule has 2 N–H and O–H groups in total. The summed E-state index contributed by atoms with van der Waals surface area (Å²) >= 11 is 1.86. The van der Waals surface area contributed by atoms with Crippen LogP contribution in [0.3, 0.4) is 0 Å². The highest BCUT2D eigenvalue weighted by Crippen LogP contribution is 2.17. The predicted octanol–water partition coefficient (Wildman–Crippen LogP) is 3.72. The number of nitrogens with zero attached hydrogens (tertiary/aromatic N) is 4. The lowest BCUT2D eigenvalue weighted by Crippen LogP contribution is -2.46. The molecule has 3 rings (SSSR count). The van der Waals surface area contributed by atoms with Gasteiger partial charge in [0.1, 0.15) is 5.82 Å². The van der Waals surface area contributed by atoms with E-state index in [2.05, 4.69) is 70.5 Å². The lowest BCUT2D eigenvalue weighted by atomic mass is 10.2. The van der Waals surface area contributed by atoms with E-state index in [0.29, 0.717) is 6.54 Å². The van der Waals surface area contributed by atoms with Crippen LogP contribution in [0.15, 0.2) is 35.5 Å². The summed E-state index contributed by atoms with van der Waals surface area (Å²) < 4.78 is 0. The highest BCUT2D eigenvalue weighted by molar-refractivity contribution is 14.0. The van der Waals surface area contributed by atoms with Gasteiger partial charge in [-0.25, -0.2) is 9.98 Å². The smallest absolute Gasteiger partial charge is 0.191 e. The monoisotopic (exact) mass is 542 g/mol. The van der Waals surface area contributed by atoms with Gasteiger partial charge in [-0.1, -0.05) is 13.8 Å². The summed E-state index contributed by atoms with van der Waals surface area (Å²) in [6, 6.07) is 8.66. The lowest BCUT2D eigenvalue weighted by Gasteiger charge is -2.34. The SMILES string of the molecule is CCNC(=NCc1ccnc(N2CCN(CC)CC2)c1)NCc1ccc(CC)s1.I. The van der Waals surface area contributed by atoms with E-state index in [1.807, 2.05) is 17.5 Å². The molecule has 0 aliphatic carbocycles. The van der Waals surface area contributed by atoms with Crippen LogP contribution in [0.5, 0.6) is 0 Å². The van der Waals surface area contributed by atoms with Crippen LogP contribution in [-0.4, -0.2) is 55.1 Å². The second-order valence-electron chi connectivity index (χ2n) is 7.21. The summed E-state index contributed by atoms with van der Waals surface area (Å²) in [4.78, 5) is 17.0. The fourth-order valence-corrected chi connectivity index (χ4v) is 4.31. The summed E-state index contributed by atoms with van der Waals surface area (Å²) in [5.74, 6) is 1.92. The van der Waals surface area contributed by atoms with Crippen LogP contribution < -0.4 is 15.5 Å². The first kappa shape index (κ1) is 24.9. The first-order valence-corrected chi connectivity index (χ1v) is 11.6. The minimum Gasteiger partial charge on any atom is -0.357 e. The highest BCUT2D eigenvalue weighted by Gasteiger charge is 2.16. The molecule has 0 spiro atoms. The third kappa shape index (κ3) is 7.39. The molecular weight excluding hydrogens is 507 g/mol. The molecule has 1 aliphatic heterocycles. The van der Waals surface area contributed by atoms with Gasteiger partial charge in [0.15, 0.2) is 5.96 Å². The van der Waals surface area contributed by atoms with Crippen molar-refractivity contribution in [3.05, 3.63) is 45.8 Å². The van der Waals surface area contributed by atoms with Gasteiger partial charge in [-0.05, 0) is 49.7 Å². The number of aliphatic imine (C=N–C) groups is 1. The maximum atomic E-state index is 4.78. The van der Waals surface area contributed by atoms with Crippen LogP contribution in [0.25, 0.3) is 0 Å². The summed E-state index contributed by atoms with van der Waals surface area (Å²) in [6.07, 6.45) is 3.00. The quantitative estimate of drug-likeness (QED) is 0.303. The summed E-state index contributed by atoms with van der Waals surface area (Å²) in [5, 5.41) is 6.80. The number of piperazine rings is 1. The third-order valence-electron chi connectivity index (χ3n) is 5.21. The van der Waals surface area contributed by atoms with Gasteiger partial charge in [0.25, 0.3) is 0 Å². The number of pyridine rings is 1. The Hall–Kier alpha value is -1.39. The molecule has 0 radical (unpaired) electrons. The largest absolute Gasteiger partial charge is 0.357 e. The van der Waals surface area contributed by atoms with Crippen molar-refractivity contribution in [1.82, 2.24) is 20.5 Å². The Morgan fingerprint density at radius 2 is 1.83 bits per heavy atom. The fourth-order valence-electron chi connectivity index (χ4n) is 3.42. The van der Waals surface area contributed by atoms with Gasteiger partial charge >= 0.3 is 0 Å². The number of thiophene rings is 1. The molecule has 166 valence electrons. The highest BCUT2D eigenvalue weighted by atomic mass is 127. The molecule has 8 heteroatoms. The van der Waals surface area contributed by atoms with Crippen LogP contribution in [0.1, 0.15) is 36.1 Å². The van der Waals surface area contributed by atoms with Crippen molar-refractivity contribution in [2.45, 2.75) is 40.3 Å². The molecular formula is C22H35IN6S. The Kier molecular flexibility index (Phi) is 10.9. The number of aryl methyl sites for hydroxylation is 1. The van der Waals surface area contributed by atoms with E-state index in [0.717, 1.165) is 64.0 Å². The number of halogens is 1. The molecule has 0 saturated carbocycles.